The summed E-state index contributed by atoms with van der Waals surface area (Å²) in [7, 11) is -0.446. The standard InChI is InChI=1S/C19H17P.BrH/c1-16-10-8-9-15-19(16)20(17-11-4-2-5-12-17)18-13-6-3-7-14-18;/h2-15,19H,1H2;1H. The molecule has 0 N–H and O–H groups in total. The third-order valence-corrected chi connectivity index (χ3v) is 6.21. The van der Waals surface area contributed by atoms with Crippen LogP contribution in [0.25, 0.3) is 0 Å². The average molecular weight is 357 g/mol. The van der Waals surface area contributed by atoms with E-state index in [9.17, 15) is 0 Å². The van der Waals surface area contributed by atoms with Gasteiger partial charge >= 0.3 is 0 Å². The Balaban J connectivity index is 0.00000161. The summed E-state index contributed by atoms with van der Waals surface area (Å²) in [5.74, 6) is 0. The Labute approximate surface area is 138 Å². The van der Waals surface area contributed by atoms with Crippen LogP contribution in [0.15, 0.2) is 97.1 Å². The quantitative estimate of drug-likeness (QED) is 0.696. The summed E-state index contributed by atoms with van der Waals surface area (Å²) >= 11 is 0. The van der Waals surface area contributed by atoms with Gasteiger partial charge in [0.05, 0.1) is 0 Å². The zero-order chi connectivity index (χ0) is 13.8. The maximum Gasteiger partial charge on any atom is 0.0299 e. The van der Waals surface area contributed by atoms with Gasteiger partial charge in [-0.05, 0) is 24.1 Å². The lowest BCUT2D eigenvalue weighted by Crippen LogP contribution is -2.21. The van der Waals surface area contributed by atoms with Gasteiger partial charge in [-0.25, -0.2) is 0 Å². The van der Waals surface area contributed by atoms with E-state index in [1.165, 1.54) is 16.2 Å². The summed E-state index contributed by atoms with van der Waals surface area (Å²) in [6.07, 6.45) is 8.63. The van der Waals surface area contributed by atoms with E-state index in [-0.39, 0.29) is 17.0 Å². The summed E-state index contributed by atoms with van der Waals surface area (Å²) in [5, 5.41) is 2.81. The van der Waals surface area contributed by atoms with Crippen molar-refractivity contribution in [3.63, 3.8) is 0 Å². The highest BCUT2D eigenvalue weighted by atomic mass is 79.9. The zero-order valence-electron chi connectivity index (χ0n) is 11.7. The van der Waals surface area contributed by atoms with E-state index in [1.807, 2.05) is 0 Å². The minimum atomic E-state index is -0.446. The van der Waals surface area contributed by atoms with Crippen LogP contribution >= 0.6 is 24.9 Å². The lowest BCUT2D eigenvalue weighted by molar-refractivity contribution is 1.28. The minimum absolute atomic E-state index is 0. The number of rotatable bonds is 3. The van der Waals surface area contributed by atoms with E-state index in [0.717, 1.165) is 0 Å². The van der Waals surface area contributed by atoms with Crippen LogP contribution in [0, 0.1) is 0 Å². The molecule has 0 fully saturated rings. The monoisotopic (exact) mass is 356 g/mol. The molecule has 0 spiro atoms. The Morgan fingerprint density at radius 2 is 1.29 bits per heavy atom. The van der Waals surface area contributed by atoms with Gasteiger partial charge < -0.3 is 0 Å². The molecule has 0 amide bonds. The third kappa shape index (κ3) is 3.61. The number of halogens is 1. The Kier molecular flexibility index (Phi) is 5.73. The van der Waals surface area contributed by atoms with Crippen molar-refractivity contribution < 1.29 is 0 Å². The molecule has 0 nitrogen and oxygen atoms in total. The Morgan fingerprint density at radius 1 is 0.762 bits per heavy atom. The van der Waals surface area contributed by atoms with E-state index in [4.69, 9.17) is 0 Å². The van der Waals surface area contributed by atoms with Crippen molar-refractivity contribution >= 4 is 35.5 Å². The van der Waals surface area contributed by atoms with Crippen LogP contribution in [0.3, 0.4) is 0 Å². The van der Waals surface area contributed by atoms with Gasteiger partial charge in [0.1, 0.15) is 0 Å². The normalized spacial score (nSPS) is 16.8. The van der Waals surface area contributed by atoms with Crippen LogP contribution in [-0.2, 0) is 0 Å². The Morgan fingerprint density at radius 3 is 1.76 bits per heavy atom. The molecule has 21 heavy (non-hydrogen) atoms. The average Bonchev–Trinajstić information content (AvgIpc) is 2.52. The lowest BCUT2D eigenvalue weighted by atomic mass is 10.1. The molecule has 2 aromatic rings. The summed E-state index contributed by atoms with van der Waals surface area (Å²) in [6, 6.07) is 21.6. The molecule has 0 saturated carbocycles. The van der Waals surface area contributed by atoms with Crippen LogP contribution in [0.5, 0.6) is 0 Å². The van der Waals surface area contributed by atoms with E-state index >= 15 is 0 Å². The molecule has 1 unspecified atom stereocenters. The second-order valence-corrected chi connectivity index (χ2v) is 7.13. The van der Waals surface area contributed by atoms with Crippen molar-refractivity contribution in [2.75, 3.05) is 0 Å². The fourth-order valence-electron chi connectivity index (χ4n) is 2.47. The number of hydrogen-bond acceptors (Lipinski definition) is 0. The fourth-order valence-corrected chi connectivity index (χ4v) is 5.09. The predicted octanol–water partition coefficient (Wildman–Crippen LogP) is 4.75. The van der Waals surface area contributed by atoms with Crippen LogP contribution < -0.4 is 10.6 Å². The van der Waals surface area contributed by atoms with Gasteiger partial charge in [-0.2, -0.15) is 0 Å². The van der Waals surface area contributed by atoms with Crippen LogP contribution in [0.1, 0.15) is 0 Å². The molecule has 0 bridgehead atoms. The van der Waals surface area contributed by atoms with Crippen LogP contribution in [-0.4, -0.2) is 5.66 Å². The highest BCUT2D eigenvalue weighted by molar-refractivity contribution is 8.93. The second-order valence-electron chi connectivity index (χ2n) is 4.80. The van der Waals surface area contributed by atoms with Gasteiger partial charge in [0.25, 0.3) is 0 Å². The molecule has 3 rings (SSSR count). The SMILES string of the molecule is Br.C=C1C=CC=CC1P(c1ccccc1)c1ccccc1. The first-order valence-electron chi connectivity index (χ1n) is 6.79. The van der Waals surface area contributed by atoms with E-state index in [1.54, 1.807) is 0 Å². The first-order chi connectivity index (χ1) is 9.86. The van der Waals surface area contributed by atoms with Crippen molar-refractivity contribution in [3.8, 4) is 0 Å². The molecule has 0 saturated heterocycles. The molecule has 0 aliphatic heterocycles. The zero-order valence-corrected chi connectivity index (χ0v) is 14.3. The molecule has 2 heteroatoms. The summed E-state index contributed by atoms with van der Waals surface area (Å²) in [4.78, 5) is 0. The molecular formula is C19H18BrP. The lowest BCUT2D eigenvalue weighted by Gasteiger charge is -2.28. The Bertz CT molecular complexity index is 604. The summed E-state index contributed by atoms with van der Waals surface area (Å²) in [5.41, 5.74) is 1.59. The van der Waals surface area contributed by atoms with E-state index < -0.39 is 7.92 Å². The van der Waals surface area contributed by atoms with Gasteiger partial charge in [0.15, 0.2) is 0 Å². The fraction of sp³-hybridized carbons (Fsp3) is 0.0526. The van der Waals surface area contributed by atoms with Crippen LogP contribution in [0.2, 0.25) is 0 Å². The third-order valence-electron chi connectivity index (χ3n) is 3.44. The molecule has 1 aliphatic carbocycles. The maximum atomic E-state index is 4.25. The molecule has 0 heterocycles. The van der Waals surface area contributed by atoms with Gasteiger partial charge in [-0.3, -0.25) is 0 Å². The second kappa shape index (κ2) is 7.54. The highest BCUT2D eigenvalue weighted by Crippen LogP contribution is 2.44. The Hall–Kier alpha value is -1.43. The first-order valence-corrected chi connectivity index (χ1v) is 8.20. The molecule has 0 radical (unpaired) electrons. The first kappa shape index (κ1) is 15.9. The van der Waals surface area contributed by atoms with Crippen molar-refractivity contribution in [2.24, 2.45) is 0 Å². The molecule has 2 aromatic carbocycles. The van der Waals surface area contributed by atoms with Gasteiger partial charge in [0.2, 0.25) is 0 Å². The molecule has 106 valence electrons. The van der Waals surface area contributed by atoms with Crippen molar-refractivity contribution in [3.05, 3.63) is 97.1 Å². The minimum Gasteiger partial charge on any atom is -0.114 e. The molecule has 1 atom stereocenters. The van der Waals surface area contributed by atoms with Crippen molar-refractivity contribution in [1.82, 2.24) is 0 Å². The van der Waals surface area contributed by atoms with E-state index in [0.29, 0.717) is 5.66 Å². The molecular weight excluding hydrogens is 339 g/mol. The smallest absolute Gasteiger partial charge is 0.0299 e. The topological polar surface area (TPSA) is 0 Å². The molecule has 1 aliphatic rings. The van der Waals surface area contributed by atoms with Crippen molar-refractivity contribution in [2.45, 2.75) is 5.66 Å². The largest absolute Gasteiger partial charge is 0.114 e. The predicted molar refractivity (Wildman–Crippen MR) is 101 cm³/mol. The number of allylic oxidation sites excluding steroid dienone is 5. The summed E-state index contributed by atoms with van der Waals surface area (Å²) in [6.45, 7) is 4.25. The van der Waals surface area contributed by atoms with E-state index in [2.05, 4.69) is 91.5 Å². The van der Waals surface area contributed by atoms with Crippen molar-refractivity contribution in [1.29, 1.82) is 0 Å². The van der Waals surface area contributed by atoms with Gasteiger partial charge in [-0.15, -0.1) is 17.0 Å². The van der Waals surface area contributed by atoms with Gasteiger partial charge in [-0.1, -0.05) is 91.5 Å². The maximum absolute atomic E-state index is 4.25. The number of hydrogen-bond donors (Lipinski definition) is 0. The number of benzene rings is 2. The van der Waals surface area contributed by atoms with Gasteiger partial charge in [0, 0.05) is 5.66 Å². The van der Waals surface area contributed by atoms with Crippen LogP contribution in [0.4, 0.5) is 0 Å². The molecule has 0 aromatic heterocycles. The summed E-state index contributed by atoms with van der Waals surface area (Å²) < 4.78 is 0. The highest BCUT2D eigenvalue weighted by Gasteiger charge is 2.24.